The molecule has 7 heteroatoms. The van der Waals surface area contributed by atoms with Crippen LogP contribution in [0.25, 0.3) is 0 Å². The smallest absolute Gasteiger partial charge is 0.313 e. The summed E-state index contributed by atoms with van der Waals surface area (Å²) in [5, 5.41) is 13.5. The summed E-state index contributed by atoms with van der Waals surface area (Å²) in [4.78, 5) is 33.2. The summed E-state index contributed by atoms with van der Waals surface area (Å²) in [7, 11) is 0. The van der Waals surface area contributed by atoms with Gasteiger partial charge in [-0.3, -0.25) is 19.7 Å². The Balaban J connectivity index is 1.84. The average molecular weight is 280 g/mol. The van der Waals surface area contributed by atoms with E-state index in [-0.39, 0.29) is 30.0 Å². The Morgan fingerprint density at radius 2 is 2.25 bits per heavy atom. The monoisotopic (exact) mass is 280 g/mol. The third-order valence-corrected chi connectivity index (χ3v) is 3.46. The first-order valence-electron chi connectivity index (χ1n) is 6.44. The Hall–Kier alpha value is -2.02. The van der Waals surface area contributed by atoms with Crippen molar-refractivity contribution in [2.45, 2.75) is 31.9 Å². The molecule has 0 amide bonds. The number of rotatable bonds is 4. The predicted molar refractivity (Wildman–Crippen MR) is 69.3 cm³/mol. The van der Waals surface area contributed by atoms with E-state index < -0.39 is 16.8 Å². The second-order valence-corrected chi connectivity index (χ2v) is 4.95. The molecule has 1 unspecified atom stereocenters. The van der Waals surface area contributed by atoms with Crippen molar-refractivity contribution in [3.8, 4) is 0 Å². The van der Waals surface area contributed by atoms with Crippen molar-refractivity contribution >= 4 is 11.8 Å². The molecule has 0 spiro atoms. The van der Waals surface area contributed by atoms with Gasteiger partial charge < -0.3 is 10.1 Å². The third kappa shape index (κ3) is 3.30. The van der Waals surface area contributed by atoms with Crippen LogP contribution in [0.1, 0.15) is 19.8 Å². The summed E-state index contributed by atoms with van der Waals surface area (Å²) in [6.07, 6.45) is 4.66. The van der Waals surface area contributed by atoms with Gasteiger partial charge in [0.1, 0.15) is 11.9 Å². The van der Waals surface area contributed by atoms with E-state index in [2.05, 4.69) is 5.32 Å². The zero-order chi connectivity index (χ0) is 14.7. The number of Topliss-reactive ketones (excluding diaryl/α,β-unsaturated/α-hetero) is 1. The molecule has 0 aromatic rings. The van der Waals surface area contributed by atoms with Gasteiger partial charge in [-0.05, 0) is 19.4 Å². The molecule has 20 heavy (non-hydrogen) atoms. The molecule has 2 aliphatic rings. The molecule has 2 rings (SSSR count). The zero-order valence-corrected chi connectivity index (χ0v) is 11.1. The fourth-order valence-electron chi connectivity index (χ4n) is 2.27. The topological polar surface area (TPSA) is 98.5 Å². The van der Waals surface area contributed by atoms with Gasteiger partial charge in [0.2, 0.25) is 0 Å². The second kappa shape index (κ2) is 5.96. The summed E-state index contributed by atoms with van der Waals surface area (Å²) in [5.41, 5.74) is -0.00627. The molecule has 1 N–H and O–H groups in total. The number of nitrogens with zero attached hydrogens (tertiary/aromatic N) is 1. The molecule has 0 aromatic carbocycles. The van der Waals surface area contributed by atoms with Crippen LogP contribution in [0.5, 0.6) is 0 Å². The van der Waals surface area contributed by atoms with E-state index in [1.165, 1.54) is 25.2 Å². The maximum Gasteiger partial charge on any atom is 0.313 e. The Morgan fingerprint density at radius 1 is 1.50 bits per heavy atom. The molecule has 0 radical (unpaired) electrons. The van der Waals surface area contributed by atoms with Crippen LogP contribution in [0.15, 0.2) is 23.9 Å². The van der Waals surface area contributed by atoms with Crippen LogP contribution in [-0.2, 0) is 14.3 Å². The predicted octanol–water partition coefficient (Wildman–Crippen LogP) is 0.586. The molecular formula is C13H16N2O5. The number of carbonyl (C=O) groups is 2. The van der Waals surface area contributed by atoms with Crippen molar-refractivity contribution in [3.63, 3.8) is 0 Å². The van der Waals surface area contributed by atoms with E-state index in [1.54, 1.807) is 0 Å². The highest BCUT2D eigenvalue weighted by Gasteiger charge is 2.31. The van der Waals surface area contributed by atoms with Gasteiger partial charge in [-0.1, -0.05) is 6.08 Å². The quantitative estimate of drug-likeness (QED) is 0.459. The first-order valence-corrected chi connectivity index (χ1v) is 6.44. The number of hydrogen-bond donors (Lipinski definition) is 1. The number of nitro groups is 1. The van der Waals surface area contributed by atoms with Crippen LogP contribution < -0.4 is 5.32 Å². The van der Waals surface area contributed by atoms with Gasteiger partial charge in [-0.15, -0.1) is 0 Å². The number of allylic oxidation sites excluding steroid dienone is 2. The summed E-state index contributed by atoms with van der Waals surface area (Å²) >= 11 is 0. The van der Waals surface area contributed by atoms with E-state index in [0.717, 1.165) is 0 Å². The Morgan fingerprint density at radius 3 is 2.75 bits per heavy atom. The first-order chi connectivity index (χ1) is 9.47. The lowest BCUT2D eigenvalue weighted by Crippen LogP contribution is -2.28. The Kier molecular flexibility index (Phi) is 4.29. The van der Waals surface area contributed by atoms with Crippen LogP contribution in [0.2, 0.25) is 0 Å². The van der Waals surface area contributed by atoms with Crippen LogP contribution in [0.3, 0.4) is 0 Å². The van der Waals surface area contributed by atoms with E-state index in [0.29, 0.717) is 13.0 Å². The van der Waals surface area contributed by atoms with Gasteiger partial charge in [0.15, 0.2) is 0 Å². The van der Waals surface area contributed by atoms with E-state index in [1.807, 2.05) is 0 Å². The van der Waals surface area contributed by atoms with Crippen molar-refractivity contribution in [2.24, 2.45) is 5.92 Å². The molecule has 0 aromatic heterocycles. The first kappa shape index (κ1) is 14.4. The van der Waals surface area contributed by atoms with Crippen LogP contribution in [-0.4, -0.2) is 35.4 Å². The third-order valence-electron chi connectivity index (χ3n) is 3.46. The zero-order valence-electron chi connectivity index (χ0n) is 11.1. The molecule has 1 fully saturated rings. The molecule has 3 atom stereocenters. The molecule has 108 valence electrons. The molecule has 1 aliphatic heterocycles. The molecule has 1 heterocycles. The number of ether oxygens (including phenoxy) is 1. The number of esters is 1. The maximum absolute atomic E-state index is 11.9. The summed E-state index contributed by atoms with van der Waals surface area (Å²) in [6, 6.07) is -0.254. The number of ketones is 1. The summed E-state index contributed by atoms with van der Waals surface area (Å²) in [5.74, 6) is -0.870. The van der Waals surface area contributed by atoms with Crippen LogP contribution in [0.4, 0.5) is 0 Å². The van der Waals surface area contributed by atoms with Gasteiger partial charge in [-0.25, -0.2) is 0 Å². The number of hydrogen-bond acceptors (Lipinski definition) is 6. The minimum absolute atomic E-state index is 0.00627. The molecule has 1 aliphatic carbocycles. The standard InChI is InChI=1S/C13H16N2O5/c1-8(16)12-6-11(7-14-12)20-13(17)9-2-4-10(5-3-9)15(18)19/h2,4-5,9,11-12,14H,3,6-7H2,1H3/t9?,11-,12-/m0/s1. The van der Waals surface area contributed by atoms with Crippen molar-refractivity contribution in [1.82, 2.24) is 5.32 Å². The van der Waals surface area contributed by atoms with E-state index in [4.69, 9.17) is 4.74 Å². The minimum Gasteiger partial charge on any atom is -0.460 e. The fraction of sp³-hybridized carbons (Fsp3) is 0.538. The number of carbonyl (C=O) groups excluding carboxylic acids is 2. The number of nitrogens with one attached hydrogen (secondary N) is 1. The van der Waals surface area contributed by atoms with Crippen molar-refractivity contribution in [3.05, 3.63) is 34.0 Å². The molecular weight excluding hydrogens is 264 g/mol. The summed E-state index contributed by atoms with van der Waals surface area (Å²) in [6.45, 7) is 1.96. The SMILES string of the molecule is CC(=O)[C@@H]1C[C@H](OC(=O)C2C=CC([N+](=O)[O-])=CC2)CN1. The van der Waals surface area contributed by atoms with E-state index >= 15 is 0 Å². The van der Waals surface area contributed by atoms with Gasteiger partial charge in [0.05, 0.1) is 16.9 Å². The van der Waals surface area contributed by atoms with Gasteiger partial charge in [0.25, 0.3) is 5.70 Å². The van der Waals surface area contributed by atoms with Crippen LogP contribution in [0, 0.1) is 16.0 Å². The highest BCUT2D eigenvalue weighted by Crippen LogP contribution is 2.20. The highest BCUT2D eigenvalue weighted by molar-refractivity contribution is 5.82. The highest BCUT2D eigenvalue weighted by atomic mass is 16.6. The second-order valence-electron chi connectivity index (χ2n) is 4.95. The Labute approximate surface area is 115 Å². The maximum atomic E-state index is 11.9. The molecule has 0 saturated carbocycles. The molecule has 7 nitrogen and oxygen atoms in total. The Bertz CT molecular complexity index is 497. The van der Waals surface area contributed by atoms with Crippen LogP contribution >= 0.6 is 0 Å². The van der Waals surface area contributed by atoms with Crippen molar-refractivity contribution in [2.75, 3.05) is 6.54 Å². The lowest BCUT2D eigenvalue weighted by molar-refractivity contribution is -0.419. The van der Waals surface area contributed by atoms with E-state index in [9.17, 15) is 19.7 Å². The normalized spacial score (nSPS) is 28.9. The largest absolute Gasteiger partial charge is 0.460 e. The average Bonchev–Trinajstić information content (AvgIpc) is 2.87. The van der Waals surface area contributed by atoms with Crippen molar-refractivity contribution in [1.29, 1.82) is 0 Å². The van der Waals surface area contributed by atoms with Gasteiger partial charge >= 0.3 is 5.97 Å². The molecule has 0 bridgehead atoms. The molecule has 1 saturated heterocycles. The minimum atomic E-state index is -0.491. The van der Waals surface area contributed by atoms with Gasteiger partial charge in [-0.2, -0.15) is 0 Å². The summed E-state index contributed by atoms with van der Waals surface area (Å²) < 4.78 is 5.32. The van der Waals surface area contributed by atoms with Crippen molar-refractivity contribution < 1.29 is 19.2 Å². The van der Waals surface area contributed by atoms with Gasteiger partial charge in [0, 0.05) is 19.0 Å². The lowest BCUT2D eigenvalue weighted by atomic mass is 9.99. The fourth-order valence-corrected chi connectivity index (χ4v) is 2.27. The lowest BCUT2D eigenvalue weighted by Gasteiger charge is -2.16.